The molecule has 3 heterocycles. The molecule has 2 unspecified atom stereocenters. The van der Waals surface area contributed by atoms with Gasteiger partial charge in [0.05, 0.1) is 29.2 Å². The van der Waals surface area contributed by atoms with Crippen molar-refractivity contribution in [3.05, 3.63) is 44.5 Å². The number of carbonyl (C=O) groups excluding carboxylic acids is 2. The van der Waals surface area contributed by atoms with E-state index in [1.54, 1.807) is 17.9 Å². The van der Waals surface area contributed by atoms with Gasteiger partial charge >= 0.3 is 0 Å². The summed E-state index contributed by atoms with van der Waals surface area (Å²) in [7, 11) is 0. The minimum absolute atomic E-state index is 0.200. The number of hydrogen-bond donors (Lipinski definition) is 1. The highest BCUT2D eigenvalue weighted by Crippen LogP contribution is 2.40. The van der Waals surface area contributed by atoms with E-state index in [0.29, 0.717) is 53.4 Å². The van der Waals surface area contributed by atoms with E-state index in [9.17, 15) is 19.1 Å². The fraction of sp³-hybridized carbons (Fsp3) is 0.522. The maximum atomic E-state index is 13.8. The summed E-state index contributed by atoms with van der Waals surface area (Å²) < 4.78 is 13.8. The SMILES string of the molecule is CC1=CC(C)=NC(=O)C1CN1CCc2c(Cl)cc(C(CO)N3CC[C@@H](F)C3)c(Cl)c2C1=O. The van der Waals surface area contributed by atoms with Crippen LogP contribution in [0.3, 0.4) is 0 Å². The smallest absolute Gasteiger partial charge is 0.255 e. The number of alkyl halides is 1. The van der Waals surface area contributed by atoms with Gasteiger partial charge < -0.3 is 10.0 Å². The van der Waals surface area contributed by atoms with Crippen molar-refractivity contribution < 1.29 is 19.1 Å². The highest BCUT2D eigenvalue weighted by Gasteiger charge is 2.36. The summed E-state index contributed by atoms with van der Waals surface area (Å²) in [5.41, 5.74) is 3.02. The number of halogens is 3. The molecule has 6 nitrogen and oxygen atoms in total. The van der Waals surface area contributed by atoms with Gasteiger partial charge in [-0.15, -0.1) is 0 Å². The number of fused-ring (bicyclic) bond motifs is 1. The predicted octanol–water partition coefficient (Wildman–Crippen LogP) is 3.63. The molecule has 9 heteroatoms. The first kappa shape index (κ1) is 23.4. The van der Waals surface area contributed by atoms with Crippen molar-refractivity contribution in [3.8, 4) is 0 Å². The number of rotatable bonds is 5. The standard InChI is InChI=1S/C23H26Cl2FN3O3/c1-12-7-13(2)27-22(31)17(12)10-29-6-4-15-18(24)8-16(21(25)20(15)23(29)32)19(11-30)28-5-3-14(26)9-28/h7-8,14,17,19,30H,3-6,9-11H2,1-2H3/t14-,17?,19?/m1/s1. The molecule has 0 bridgehead atoms. The first-order valence-electron chi connectivity index (χ1n) is 10.8. The topological polar surface area (TPSA) is 73.2 Å². The Bertz CT molecular complexity index is 1030. The highest BCUT2D eigenvalue weighted by molar-refractivity contribution is 6.37. The lowest BCUT2D eigenvalue weighted by atomic mass is 9.91. The first-order chi connectivity index (χ1) is 15.2. The lowest BCUT2D eigenvalue weighted by Gasteiger charge is -2.34. The zero-order chi connectivity index (χ0) is 23.2. The molecule has 3 aliphatic heterocycles. The first-order valence-corrected chi connectivity index (χ1v) is 11.5. The van der Waals surface area contributed by atoms with E-state index in [0.717, 1.165) is 5.57 Å². The van der Waals surface area contributed by atoms with Crippen LogP contribution in [0.15, 0.2) is 22.7 Å². The van der Waals surface area contributed by atoms with Gasteiger partial charge in [-0.3, -0.25) is 14.5 Å². The van der Waals surface area contributed by atoms with E-state index < -0.39 is 18.1 Å². The molecule has 32 heavy (non-hydrogen) atoms. The van der Waals surface area contributed by atoms with Crippen molar-refractivity contribution in [2.75, 3.05) is 32.8 Å². The van der Waals surface area contributed by atoms with E-state index in [2.05, 4.69) is 4.99 Å². The number of likely N-dealkylation sites (tertiary alicyclic amines) is 1. The van der Waals surface area contributed by atoms with E-state index in [-0.39, 0.29) is 36.5 Å². The predicted molar refractivity (Wildman–Crippen MR) is 122 cm³/mol. The van der Waals surface area contributed by atoms with E-state index >= 15 is 0 Å². The van der Waals surface area contributed by atoms with Gasteiger partial charge in [0.2, 0.25) is 0 Å². The second-order valence-electron chi connectivity index (χ2n) is 8.73. The summed E-state index contributed by atoms with van der Waals surface area (Å²) in [4.78, 5) is 33.4. The second kappa shape index (κ2) is 9.21. The van der Waals surface area contributed by atoms with Crippen LogP contribution in [-0.2, 0) is 11.2 Å². The van der Waals surface area contributed by atoms with Crippen LogP contribution in [0.5, 0.6) is 0 Å². The number of aliphatic imine (C=N–C) groups is 1. The quantitative estimate of drug-likeness (QED) is 0.696. The average molecular weight is 482 g/mol. The van der Waals surface area contributed by atoms with Gasteiger partial charge in [-0.2, -0.15) is 0 Å². The van der Waals surface area contributed by atoms with Crippen molar-refractivity contribution in [1.29, 1.82) is 0 Å². The molecule has 0 saturated carbocycles. The second-order valence-corrected chi connectivity index (χ2v) is 9.51. The third kappa shape index (κ3) is 4.23. The van der Waals surface area contributed by atoms with E-state index in [1.807, 2.05) is 17.9 Å². The summed E-state index contributed by atoms with van der Waals surface area (Å²) >= 11 is 13.3. The monoisotopic (exact) mass is 481 g/mol. The zero-order valence-electron chi connectivity index (χ0n) is 18.1. The normalized spacial score (nSPS) is 25.0. The molecular weight excluding hydrogens is 456 g/mol. The van der Waals surface area contributed by atoms with Crippen molar-refractivity contribution in [1.82, 2.24) is 9.80 Å². The van der Waals surface area contributed by atoms with Gasteiger partial charge in [0.1, 0.15) is 6.17 Å². The Kier molecular flexibility index (Phi) is 6.73. The maximum Gasteiger partial charge on any atom is 0.255 e. The summed E-state index contributed by atoms with van der Waals surface area (Å²) in [6, 6.07) is 1.14. The molecule has 172 valence electrons. The van der Waals surface area contributed by atoms with Crippen molar-refractivity contribution >= 4 is 40.7 Å². The van der Waals surface area contributed by atoms with Crippen LogP contribution in [-0.4, -0.2) is 71.4 Å². The summed E-state index contributed by atoms with van der Waals surface area (Å²) in [5.74, 6) is -1.04. The number of aliphatic hydroxyl groups is 1. The fourth-order valence-corrected chi connectivity index (χ4v) is 5.54. The van der Waals surface area contributed by atoms with Crippen LogP contribution in [0.25, 0.3) is 0 Å². The number of hydrogen-bond acceptors (Lipinski definition) is 4. The highest BCUT2D eigenvalue weighted by atomic mass is 35.5. The molecule has 1 saturated heterocycles. The Morgan fingerprint density at radius 2 is 2.03 bits per heavy atom. The molecule has 3 atom stereocenters. The number of amides is 2. The van der Waals surface area contributed by atoms with Crippen LogP contribution in [0.4, 0.5) is 4.39 Å². The molecule has 1 N–H and O–H groups in total. The van der Waals surface area contributed by atoms with Crippen molar-refractivity contribution in [2.45, 2.75) is 38.9 Å². The molecule has 0 radical (unpaired) electrons. The maximum absolute atomic E-state index is 13.8. The van der Waals surface area contributed by atoms with Crippen LogP contribution < -0.4 is 0 Å². The molecule has 4 rings (SSSR count). The zero-order valence-corrected chi connectivity index (χ0v) is 19.6. The average Bonchev–Trinajstić information content (AvgIpc) is 3.15. The van der Waals surface area contributed by atoms with Crippen LogP contribution in [0.2, 0.25) is 10.0 Å². The van der Waals surface area contributed by atoms with Gasteiger partial charge in [0, 0.05) is 36.9 Å². The summed E-state index contributed by atoms with van der Waals surface area (Å²) in [6.07, 6.45) is 1.80. The number of carbonyl (C=O) groups is 2. The molecule has 0 spiro atoms. The molecule has 3 aliphatic rings. The molecule has 1 aromatic rings. The number of dihydropyridines is 1. The number of nitrogens with zero attached hydrogens (tertiary/aromatic N) is 3. The van der Waals surface area contributed by atoms with Crippen LogP contribution >= 0.6 is 23.2 Å². The van der Waals surface area contributed by atoms with Gasteiger partial charge in [-0.1, -0.05) is 28.8 Å². The largest absolute Gasteiger partial charge is 0.394 e. The minimum Gasteiger partial charge on any atom is -0.394 e. The van der Waals surface area contributed by atoms with E-state index in [4.69, 9.17) is 23.2 Å². The number of allylic oxidation sites excluding steroid dienone is 1. The molecule has 2 amide bonds. The van der Waals surface area contributed by atoms with Crippen LogP contribution in [0.1, 0.15) is 47.8 Å². The molecule has 0 aliphatic carbocycles. The third-order valence-electron chi connectivity index (χ3n) is 6.59. The van der Waals surface area contributed by atoms with Crippen molar-refractivity contribution in [3.63, 3.8) is 0 Å². The molecule has 1 aromatic carbocycles. The third-order valence-corrected chi connectivity index (χ3v) is 7.33. The fourth-order valence-electron chi connectivity index (χ4n) is 4.86. The number of benzene rings is 1. The molecular formula is C23H26Cl2FN3O3. The van der Waals surface area contributed by atoms with E-state index in [1.165, 1.54) is 0 Å². The number of aliphatic hydroxyl groups excluding tert-OH is 1. The molecule has 0 aromatic heterocycles. The van der Waals surface area contributed by atoms with Gasteiger partial charge in [0.25, 0.3) is 11.8 Å². The Morgan fingerprint density at radius 1 is 1.28 bits per heavy atom. The lowest BCUT2D eigenvalue weighted by Crippen LogP contribution is -2.43. The molecule has 1 fully saturated rings. The summed E-state index contributed by atoms with van der Waals surface area (Å²) in [6.45, 7) is 4.70. The lowest BCUT2D eigenvalue weighted by molar-refractivity contribution is -0.120. The van der Waals surface area contributed by atoms with Crippen LogP contribution in [0, 0.1) is 5.92 Å². The summed E-state index contributed by atoms with van der Waals surface area (Å²) in [5, 5.41) is 10.7. The van der Waals surface area contributed by atoms with Gasteiger partial charge in [0.15, 0.2) is 0 Å². The van der Waals surface area contributed by atoms with Gasteiger partial charge in [-0.05, 0) is 50.0 Å². The van der Waals surface area contributed by atoms with Gasteiger partial charge in [-0.25, -0.2) is 9.38 Å². The van der Waals surface area contributed by atoms with Crippen molar-refractivity contribution in [2.24, 2.45) is 10.9 Å². The Morgan fingerprint density at radius 3 is 2.66 bits per heavy atom. The Hall–Kier alpha value is -1.80. The minimum atomic E-state index is -0.955. The Labute approximate surface area is 196 Å². The Balaban J connectivity index is 1.65.